The van der Waals surface area contributed by atoms with Gasteiger partial charge in [-0.25, -0.2) is 0 Å². The van der Waals surface area contributed by atoms with Gasteiger partial charge in [-0.3, -0.25) is 4.99 Å². The first kappa shape index (κ1) is 8.95. The van der Waals surface area contributed by atoms with Gasteiger partial charge in [0.2, 0.25) is 0 Å². The molecule has 1 aromatic rings. The molecule has 0 bridgehead atoms. The number of hydrogen-bond donors (Lipinski definition) is 0. The van der Waals surface area contributed by atoms with Gasteiger partial charge in [0.25, 0.3) is 0 Å². The highest BCUT2D eigenvalue weighted by atomic mass is 14.7. The highest BCUT2D eigenvalue weighted by molar-refractivity contribution is 6.25. The molecule has 0 radical (unpaired) electrons. The Labute approximate surface area is 83.8 Å². The topological polar surface area (TPSA) is 12.4 Å². The first-order chi connectivity index (χ1) is 6.85. The highest BCUT2D eigenvalue weighted by Crippen LogP contribution is 2.03. The number of fused-ring (bicyclic) bond motifs is 1. The molecule has 0 N–H and O–H groups in total. The minimum Gasteiger partial charge on any atom is -0.288 e. The van der Waals surface area contributed by atoms with Crippen LogP contribution in [-0.2, 0) is 0 Å². The van der Waals surface area contributed by atoms with Crippen LogP contribution in [0.5, 0.6) is 0 Å². The molecular weight excluding hydrogens is 170 g/mol. The lowest BCUT2D eigenvalue weighted by Gasteiger charge is -2.06. The molecule has 0 fully saturated rings. The Kier molecular flexibility index (Phi) is 2.32. The molecule has 2 rings (SSSR count). The molecule has 0 spiro atoms. The second kappa shape index (κ2) is 3.62. The lowest BCUT2D eigenvalue weighted by atomic mass is 10.0. The number of benzene rings is 1. The first-order valence-corrected chi connectivity index (χ1v) is 4.77. The zero-order valence-electron chi connectivity index (χ0n) is 8.49. The molecular formula is C13H13N. The fourth-order valence-electron chi connectivity index (χ4n) is 1.67. The summed E-state index contributed by atoms with van der Waals surface area (Å²) in [6, 6.07) is 8.35. The average molecular weight is 183 g/mol. The van der Waals surface area contributed by atoms with Gasteiger partial charge in [0.1, 0.15) is 0 Å². The first-order valence-electron chi connectivity index (χ1n) is 4.77. The third-order valence-corrected chi connectivity index (χ3v) is 2.45. The number of allylic oxidation sites excluding steroid dienone is 2. The van der Waals surface area contributed by atoms with Crippen molar-refractivity contribution in [2.45, 2.75) is 6.92 Å². The van der Waals surface area contributed by atoms with E-state index >= 15 is 0 Å². The Morgan fingerprint density at radius 1 is 1.07 bits per heavy atom. The quantitative estimate of drug-likeness (QED) is 0.574. The minimum absolute atomic E-state index is 1.06. The second-order valence-electron chi connectivity index (χ2n) is 3.27. The maximum Gasteiger partial charge on any atom is 0.0646 e. The van der Waals surface area contributed by atoms with Gasteiger partial charge in [-0.15, -0.1) is 0 Å². The maximum atomic E-state index is 4.26. The van der Waals surface area contributed by atoms with Gasteiger partial charge in [-0.05, 0) is 35.1 Å². The Hall–Kier alpha value is -1.63. The largest absolute Gasteiger partial charge is 0.288 e. The summed E-state index contributed by atoms with van der Waals surface area (Å²) < 4.78 is 0. The van der Waals surface area contributed by atoms with Crippen molar-refractivity contribution in [2.24, 2.45) is 4.99 Å². The van der Waals surface area contributed by atoms with Crippen LogP contribution in [0.1, 0.15) is 6.92 Å². The molecule has 1 nitrogen and oxygen atoms in total. The van der Waals surface area contributed by atoms with E-state index in [0.717, 1.165) is 5.71 Å². The van der Waals surface area contributed by atoms with Gasteiger partial charge < -0.3 is 0 Å². The van der Waals surface area contributed by atoms with E-state index in [9.17, 15) is 0 Å². The van der Waals surface area contributed by atoms with Gasteiger partial charge in [-0.2, -0.15) is 0 Å². The van der Waals surface area contributed by atoms with Crippen LogP contribution in [0.25, 0.3) is 12.2 Å². The van der Waals surface area contributed by atoms with E-state index in [0.29, 0.717) is 0 Å². The Morgan fingerprint density at radius 2 is 1.71 bits per heavy atom. The molecule has 0 saturated carbocycles. The Morgan fingerprint density at radius 3 is 2.29 bits per heavy atom. The molecule has 0 atom stereocenters. The lowest BCUT2D eigenvalue weighted by Crippen LogP contribution is -2.29. The molecule has 0 aliphatic heterocycles. The molecule has 0 saturated heterocycles. The molecule has 0 heterocycles. The normalized spacial score (nSPS) is 20.1. The van der Waals surface area contributed by atoms with Gasteiger partial charge in [0, 0.05) is 7.05 Å². The van der Waals surface area contributed by atoms with Crippen LogP contribution in [0.3, 0.4) is 0 Å². The van der Waals surface area contributed by atoms with E-state index in [4.69, 9.17) is 0 Å². The van der Waals surface area contributed by atoms with Gasteiger partial charge in [-0.1, -0.05) is 30.3 Å². The summed E-state index contributed by atoms with van der Waals surface area (Å²) >= 11 is 0. The SMILES string of the molecule is C/C=C1/C=c2ccccc2=CC1=NC. The number of aliphatic imine (C=N–C) groups is 1. The summed E-state index contributed by atoms with van der Waals surface area (Å²) in [5.41, 5.74) is 2.26. The lowest BCUT2D eigenvalue weighted by molar-refractivity contribution is 1.43. The van der Waals surface area contributed by atoms with E-state index in [1.54, 1.807) is 0 Å². The van der Waals surface area contributed by atoms with Crippen LogP contribution in [0, 0.1) is 0 Å². The average Bonchev–Trinajstić information content (AvgIpc) is 2.27. The predicted molar refractivity (Wildman–Crippen MR) is 61.7 cm³/mol. The van der Waals surface area contributed by atoms with Gasteiger partial charge >= 0.3 is 0 Å². The summed E-state index contributed by atoms with van der Waals surface area (Å²) in [6.45, 7) is 2.04. The van der Waals surface area contributed by atoms with E-state index in [-0.39, 0.29) is 0 Å². The molecule has 0 aromatic heterocycles. The maximum absolute atomic E-state index is 4.26. The summed E-state index contributed by atoms with van der Waals surface area (Å²) in [5.74, 6) is 0. The zero-order chi connectivity index (χ0) is 9.97. The fourth-order valence-corrected chi connectivity index (χ4v) is 1.67. The van der Waals surface area contributed by atoms with Crippen molar-refractivity contribution in [3.05, 3.63) is 46.4 Å². The second-order valence-corrected chi connectivity index (χ2v) is 3.27. The Balaban J connectivity index is 2.78. The number of rotatable bonds is 0. The number of nitrogens with zero attached hydrogens (tertiary/aromatic N) is 1. The Bertz CT molecular complexity index is 469. The highest BCUT2D eigenvalue weighted by Gasteiger charge is 2.03. The van der Waals surface area contributed by atoms with Crippen LogP contribution in [0.2, 0.25) is 0 Å². The van der Waals surface area contributed by atoms with Crippen LogP contribution in [0.15, 0.2) is 40.9 Å². The van der Waals surface area contributed by atoms with Crippen molar-refractivity contribution in [3.8, 4) is 0 Å². The third kappa shape index (κ3) is 1.41. The van der Waals surface area contributed by atoms with Gasteiger partial charge in [0.05, 0.1) is 5.71 Å². The molecule has 1 aliphatic rings. The molecule has 0 amide bonds. The molecule has 0 unspecified atom stereocenters. The van der Waals surface area contributed by atoms with Crippen molar-refractivity contribution in [1.29, 1.82) is 0 Å². The molecule has 70 valence electrons. The third-order valence-electron chi connectivity index (χ3n) is 2.45. The predicted octanol–water partition coefficient (Wildman–Crippen LogP) is 1.28. The standard InChI is InChI=1S/C13H13N/c1-3-10-8-11-6-4-5-7-12(11)9-13(10)14-2/h3-9H,1-2H3/b10-3-,14-13?. The molecule has 1 aliphatic carbocycles. The zero-order valence-corrected chi connectivity index (χ0v) is 8.49. The molecule has 1 heteroatoms. The van der Waals surface area contributed by atoms with Crippen molar-refractivity contribution in [3.63, 3.8) is 0 Å². The monoisotopic (exact) mass is 183 g/mol. The van der Waals surface area contributed by atoms with Gasteiger partial charge in [0.15, 0.2) is 0 Å². The van der Waals surface area contributed by atoms with Crippen molar-refractivity contribution >= 4 is 17.9 Å². The molecule has 1 aromatic carbocycles. The van der Waals surface area contributed by atoms with Crippen molar-refractivity contribution in [2.75, 3.05) is 7.05 Å². The molecule has 14 heavy (non-hydrogen) atoms. The summed E-state index contributed by atoms with van der Waals surface area (Å²) in [6.07, 6.45) is 6.40. The van der Waals surface area contributed by atoms with Crippen LogP contribution in [0.4, 0.5) is 0 Å². The van der Waals surface area contributed by atoms with E-state index in [2.05, 4.69) is 47.5 Å². The summed E-state index contributed by atoms with van der Waals surface area (Å²) in [5, 5.41) is 2.52. The van der Waals surface area contributed by atoms with Crippen LogP contribution in [-0.4, -0.2) is 12.8 Å². The van der Waals surface area contributed by atoms with Crippen LogP contribution < -0.4 is 10.4 Å². The number of hydrogen-bond acceptors (Lipinski definition) is 1. The van der Waals surface area contributed by atoms with E-state index in [1.165, 1.54) is 16.0 Å². The van der Waals surface area contributed by atoms with Crippen molar-refractivity contribution < 1.29 is 0 Å². The summed E-state index contributed by atoms with van der Waals surface area (Å²) in [7, 11) is 1.83. The van der Waals surface area contributed by atoms with E-state index < -0.39 is 0 Å². The smallest absolute Gasteiger partial charge is 0.0646 e. The minimum atomic E-state index is 1.06. The van der Waals surface area contributed by atoms with Crippen LogP contribution >= 0.6 is 0 Å². The summed E-state index contributed by atoms with van der Waals surface area (Å²) in [4.78, 5) is 4.26. The van der Waals surface area contributed by atoms with Crippen molar-refractivity contribution in [1.82, 2.24) is 0 Å². The van der Waals surface area contributed by atoms with E-state index in [1.807, 2.05) is 14.0 Å². The fraction of sp³-hybridized carbons (Fsp3) is 0.154.